The van der Waals surface area contributed by atoms with Crippen molar-refractivity contribution in [2.45, 2.75) is 43.8 Å². The molecule has 10 nitrogen and oxygen atoms in total. The summed E-state index contributed by atoms with van der Waals surface area (Å²) in [6.45, 7) is -0.178. The van der Waals surface area contributed by atoms with E-state index in [2.05, 4.69) is 0 Å². The lowest BCUT2D eigenvalue weighted by Crippen LogP contribution is -2.65. The van der Waals surface area contributed by atoms with Crippen LogP contribution in [0.5, 0.6) is 5.75 Å². The summed E-state index contributed by atoms with van der Waals surface area (Å²) in [5.41, 5.74) is 0.118. The summed E-state index contributed by atoms with van der Waals surface area (Å²) < 4.78 is 50.5. The zero-order chi connectivity index (χ0) is 33.2. The van der Waals surface area contributed by atoms with E-state index in [0.717, 1.165) is 0 Å². The Morgan fingerprint density at radius 2 is 1.76 bits per heavy atom. The lowest BCUT2D eigenvalue weighted by Gasteiger charge is -2.50. The average Bonchev–Trinajstić information content (AvgIpc) is 2.92. The van der Waals surface area contributed by atoms with E-state index < -0.39 is 75.4 Å². The topological polar surface area (TPSA) is 154 Å². The Bertz CT molecular complexity index is 1650. The monoisotopic (exact) mass is 629 g/mol. The maximum Gasteiger partial charge on any atom is 0.417 e. The first kappa shape index (κ1) is 32.2. The summed E-state index contributed by atoms with van der Waals surface area (Å²) in [7, 11) is 6.14. The van der Waals surface area contributed by atoms with E-state index in [0.29, 0.717) is 5.56 Å². The second-order valence-corrected chi connectivity index (χ2v) is 12.2. The summed E-state index contributed by atoms with van der Waals surface area (Å²) in [4.78, 5) is 42.6. The molecule has 0 saturated heterocycles. The summed E-state index contributed by atoms with van der Waals surface area (Å²) in [5.74, 6) is -8.16. The summed E-state index contributed by atoms with van der Waals surface area (Å²) in [6.07, 6.45) is -5.51. The van der Waals surface area contributed by atoms with E-state index in [1.54, 1.807) is 49.3 Å². The highest BCUT2D eigenvalue weighted by molar-refractivity contribution is 6.24. The van der Waals surface area contributed by atoms with Crippen LogP contribution in [-0.2, 0) is 40.1 Å². The quantitative estimate of drug-likeness (QED) is 0.339. The zero-order valence-corrected chi connectivity index (χ0v) is 25.1. The predicted octanol–water partition coefficient (Wildman–Crippen LogP) is 2.92. The number of benzene rings is 2. The van der Waals surface area contributed by atoms with Crippen molar-refractivity contribution in [2.24, 2.45) is 17.6 Å². The molecule has 3 aliphatic carbocycles. The molecule has 3 aliphatic rings. The lowest BCUT2D eigenvalue weighted by molar-refractivity contribution is -0.153. The Labute approximate surface area is 257 Å². The molecule has 45 heavy (non-hydrogen) atoms. The van der Waals surface area contributed by atoms with Gasteiger partial charge in [-0.1, -0.05) is 30.3 Å². The minimum atomic E-state index is -4.85. The van der Waals surface area contributed by atoms with Gasteiger partial charge < -0.3 is 30.7 Å². The second-order valence-electron chi connectivity index (χ2n) is 12.2. The smallest absolute Gasteiger partial charge is 0.417 e. The van der Waals surface area contributed by atoms with Crippen molar-refractivity contribution < 1.29 is 47.6 Å². The van der Waals surface area contributed by atoms with Crippen molar-refractivity contribution in [2.75, 3.05) is 28.2 Å². The maximum absolute atomic E-state index is 14.8. The van der Waals surface area contributed by atoms with Gasteiger partial charge in [-0.15, -0.1) is 0 Å². The number of Topliss-reactive ketones (excluding diaryl/α,β-unsaturated/α-hetero) is 2. The Morgan fingerprint density at radius 3 is 2.31 bits per heavy atom. The number of nitrogens with two attached hydrogens (primary N) is 1. The van der Waals surface area contributed by atoms with Crippen LogP contribution in [-0.4, -0.2) is 82.4 Å². The first-order chi connectivity index (χ1) is 21.0. The molecular formula is C32H34F3N3O7. The zero-order valence-electron chi connectivity index (χ0n) is 25.1. The van der Waals surface area contributed by atoms with E-state index in [-0.39, 0.29) is 48.4 Å². The Hall–Kier alpha value is -4.20. The molecule has 0 aromatic heterocycles. The SMILES string of the molecule is CN(C)Cc1cc(OCc2ccccc2)c2c(c1C(F)(F)F)C[C@H]1C[C@H]3[C@H](N(C)C)C(=O)C(C(N)=O)=C(O)[C@@]3(O)C(=O)C1=C2O. The van der Waals surface area contributed by atoms with Gasteiger partial charge in [0.15, 0.2) is 11.4 Å². The van der Waals surface area contributed by atoms with Crippen LogP contribution in [0.4, 0.5) is 13.2 Å². The normalized spacial score (nSPS) is 25.0. The van der Waals surface area contributed by atoms with Crippen LogP contribution in [0.2, 0.25) is 0 Å². The Balaban J connectivity index is 1.76. The number of rotatable bonds is 7. The number of carbonyl (C=O) groups is 3. The van der Waals surface area contributed by atoms with Crippen LogP contribution in [0.25, 0.3) is 5.76 Å². The second kappa shape index (κ2) is 11.3. The molecule has 0 bridgehead atoms. The van der Waals surface area contributed by atoms with E-state index in [4.69, 9.17) is 10.5 Å². The van der Waals surface area contributed by atoms with Crippen molar-refractivity contribution in [3.05, 3.63) is 81.1 Å². The summed E-state index contributed by atoms with van der Waals surface area (Å²) >= 11 is 0. The predicted molar refractivity (Wildman–Crippen MR) is 156 cm³/mol. The van der Waals surface area contributed by atoms with Gasteiger partial charge in [-0.05, 0) is 69.7 Å². The Kier molecular flexibility index (Phi) is 8.09. The first-order valence-electron chi connectivity index (χ1n) is 14.2. The minimum Gasteiger partial charge on any atom is -0.508 e. The molecule has 0 spiro atoms. The van der Waals surface area contributed by atoms with E-state index in [1.807, 2.05) is 0 Å². The summed E-state index contributed by atoms with van der Waals surface area (Å²) in [6, 6.07) is 8.68. The van der Waals surface area contributed by atoms with E-state index in [1.165, 1.54) is 25.1 Å². The average molecular weight is 630 g/mol. The van der Waals surface area contributed by atoms with Crippen LogP contribution >= 0.6 is 0 Å². The number of amides is 1. The molecule has 13 heteroatoms. The number of hydrogen-bond acceptors (Lipinski definition) is 9. The lowest BCUT2D eigenvalue weighted by atomic mass is 9.57. The number of halogens is 3. The highest BCUT2D eigenvalue weighted by Gasteiger charge is 2.64. The third kappa shape index (κ3) is 5.18. The van der Waals surface area contributed by atoms with Gasteiger partial charge in [0.25, 0.3) is 5.91 Å². The number of ether oxygens (including phenoxy) is 1. The number of hydrogen-bond donors (Lipinski definition) is 4. The van der Waals surface area contributed by atoms with Crippen LogP contribution in [0.15, 0.2) is 53.3 Å². The molecule has 1 amide bonds. The van der Waals surface area contributed by atoms with Gasteiger partial charge in [-0.25, -0.2) is 0 Å². The van der Waals surface area contributed by atoms with Crippen molar-refractivity contribution in [1.29, 1.82) is 0 Å². The molecule has 1 fully saturated rings. The number of fused-ring (bicyclic) bond motifs is 3. The largest absolute Gasteiger partial charge is 0.508 e. The molecule has 5 rings (SSSR count). The van der Waals surface area contributed by atoms with Crippen LogP contribution in [0.1, 0.15) is 34.2 Å². The van der Waals surface area contributed by atoms with E-state index >= 15 is 0 Å². The molecule has 0 radical (unpaired) electrons. The fourth-order valence-corrected chi connectivity index (χ4v) is 7.03. The van der Waals surface area contributed by atoms with Crippen molar-refractivity contribution >= 4 is 23.2 Å². The molecule has 0 unspecified atom stereocenters. The number of alkyl halides is 3. The van der Waals surface area contributed by atoms with Gasteiger partial charge in [0.1, 0.15) is 29.4 Å². The highest BCUT2D eigenvalue weighted by Crippen LogP contribution is 2.54. The third-order valence-corrected chi connectivity index (χ3v) is 8.80. The molecule has 0 heterocycles. The molecule has 240 valence electrons. The number of primary amides is 1. The fourth-order valence-electron chi connectivity index (χ4n) is 7.03. The molecule has 4 atom stereocenters. The first-order valence-corrected chi connectivity index (χ1v) is 14.2. The standard InChI is InChI=1S/C32H34F3N3O7/c1-37(2)13-17-12-20(45-14-15-8-6-5-7-9-15)22-18(24(17)32(33,34)35)10-16-11-19-25(38(3)4)27(40)23(30(36)43)29(42)31(19,44)28(41)21(16)26(22)39/h5-9,12,16,19,25,39,42,44H,10-11,13-14H2,1-4H3,(H2,36,43)/t16-,19-,25-,31-/m0/s1. The number of nitrogens with zero attached hydrogens (tertiary/aromatic N) is 2. The number of carbonyl (C=O) groups excluding carboxylic acids is 3. The fraction of sp³-hybridized carbons (Fsp3) is 0.406. The van der Waals surface area contributed by atoms with E-state index in [9.17, 15) is 42.9 Å². The number of likely N-dealkylation sites (N-methyl/N-ethyl adjacent to an activating group) is 1. The van der Waals surface area contributed by atoms with Gasteiger partial charge in [-0.2, -0.15) is 13.2 Å². The van der Waals surface area contributed by atoms with Crippen LogP contribution < -0.4 is 10.5 Å². The van der Waals surface area contributed by atoms with Gasteiger partial charge in [0.2, 0.25) is 5.78 Å². The van der Waals surface area contributed by atoms with Crippen LogP contribution in [0, 0.1) is 11.8 Å². The molecular weight excluding hydrogens is 595 g/mol. The third-order valence-electron chi connectivity index (χ3n) is 8.80. The van der Waals surface area contributed by atoms with Gasteiger partial charge in [-0.3, -0.25) is 19.3 Å². The number of aliphatic hydroxyl groups excluding tert-OH is 2. The van der Waals surface area contributed by atoms with Crippen LogP contribution in [0.3, 0.4) is 0 Å². The maximum atomic E-state index is 14.8. The molecule has 0 aliphatic heterocycles. The molecule has 5 N–H and O–H groups in total. The van der Waals surface area contributed by atoms with Crippen molar-refractivity contribution in [1.82, 2.24) is 9.80 Å². The summed E-state index contributed by atoms with van der Waals surface area (Å²) in [5, 5.41) is 34.5. The van der Waals surface area contributed by atoms with Gasteiger partial charge >= 0.3 is 6.18 Å². The Morgan fingerprint density at radius 1 is 1.11 bits per heavy atom. The molecule has 2 aromatic carbocycles. The molecule has 1 saturated carbocycles. The van der Waals surface area contributed by atoms with Gasteiger partial charge in [0, 0.05) is 18.0 Å². The van der Waals surface area contributed by atoms with Gasteiger partial charge in [0.05, 0.1) is 17.2 Å². The van der Waals surface area contributed by atoms with Crippen molar-refractivity contribution in [3.63, 3.8) is 0 Å². The number of aliphatic hydroxyl groups is 3. The van der Waals surface area contributed by atoms with Crippen molar-refractivity contribution in [3.8, 4) is 5.75 Å². The minimum absolute atomic E-state index is 0.0653. The number of ketones is 2. The molecule has 2 aromatic rings. The highest BCUT2D eigenvalue weighted by atomic mass is 19.4.